The van der Waals surface area contributed by atoms with Gasteiger partial charge in [0.1, 0.15) is 0 Å². The zero-order valence-corrected chi connectivity index (χ0v) is 20.6. The summed E-state index contributed by atoms with van der Waals surface area (Å²) in [6.07, 6.45) is -0.220. The Morgan fingerprint density at radius 2 is 1.90 bits per heavy atom. The quantitative estimate of drug-likeness (QED) is 0.440. The lowest BCUT2D eigenvalue weighted by Crippen LogP contribution is -2.52. The second kappa shape index (κ2) is 10.1. The Bertz CT molecular complexity index is 854. The summed E-state index contributed by atoms with van der Waals surface area (Å²) in [6, 6.07) is 0. The molecule has 1 aliphatic heterocycles. The zero-order chi connectivity index (χ0) is 23.4. The molecule has 0 fully saturated rings. The van der Waals surface area contributed by atoms with Crippen LogP contribution < -0.4 is 10.6 Å². The number of thioether (sulfide) groups is 1. The third-order valence-corrected chi connectivity index (χ3v) is 7.66. The van der Waals surface area contributed by atoms with Gasteiger partial charge in [-0.05, 0) is 51.8 Å². The first kappa shape index (κ1) is 25.9. The molecule has 0 spiro atoms. The maximum absolute atomic E-state index is 12.8. The Morgan fingerprint density at radius 1 is 1.23 bits per heavy atom. The number of aryl methyl sites for hydroxylation is 1. The molecule has 31 heavy (non-hydrogen) atoms. The Labute approximate surface area is 191 Å². The number of allylic oxidation sites excluding steroid dienone is 2. The molecule has 1 amide bonds. The largest absolute Gasteiger partial charge is 0.389 e. The maximum atomic E-state index is 12.8. The van der Waals surface area contributed by atoms with Crippen molar-refractivity contribution in [3.63, 3.8) is 0 Å². The number of rotatable bonds is 9. The first-order valence-electron chi connectivity index (χ1n) is 10.4. The normalized spacial score (nSPS) is 15.8. The average molecular weight is 476 g/mol. The molecule has 0 bridgehead atoms. The van der Waals surface area contributed by atoms with Gasteiger partial charge in [0, 0.05) is 28.7 Å². The fourth-order valence-electron chi connectivity index (χ4n) is 3.33. The lowest BCUT2D eigenvalue weighted by Gasteiger charge is -2.32. The van der Waals surface area contributed by atoms with Gasteiger partial charge in [0.15, 0.2) is 0 Å². The molecule has 0 radical (unpaired) electrons. The number of alkyl halides is 3. The first-order chi connectivity index (χ1) is 14.3. The Hall–Kier alpha value is -1.32. The van der Waals surface area contributed by atoms with E-state index in [9.17, 15) is 18.0 Å². The molecule has 0 saturated carbocycles. The minimum Gasteiger partial charge on any atom is -0.319 e. The van der Waals surface area contributed by atoms with E-state index in [-0.39, 0.29) is 24.3 Å². The van der Waals surface area contributed by atoms with Crippen LogP contribution in [0.4, 0.5) is 13.2 Å². The molecule has 0 atom stereocenters. The van der Waals surface area contributed by atoms with Crippen LogP contribution in [0.25, 0.3) is 0 Å². The highest BCUT2D eigenvalue weighted by molar-refractivity contribution is 8.03. The van der Waals surface area contributed by atoms with Crippen LogP contribution in [0.15, 0.2) is 28.4 Å². The number of nitrogens with one attached hydrogen (secondary N) is 2. The van der Waals surface area contributed by atoms with Gasteiger partial charge in [0.25, 0.3) is 0 Å². The van der Waals surface area contributed by atoms with Crippen molar-refractivity contribution < 1.29 is 18.0 Å². The molecular formula is C22H32F3N3OS2. The smallest absolute Gasteiger partial charge is 0.319 e. The van der Waals surface area contributed by atoms with E-state index in [1.165, 1.54) is 16.0 Å². The van der Waals surface area contributed by atoms with Crippen molar-refractivity contribution in [3.05, 3.63) is 38.3 Å². The molecule has 2 heterocycles. The van der Waals surface area contributed by atoms with Crippen LogP contribution >= 0.6 is 23.1 Å². The van der Waals surface area contributed by atoms with Gasteiger partial charge in [-0.1, -0.05) is 26.3 Å². The van der Waals surface area contributed by atoms with Gasteiger partial charge in [-0.2, -0.15) is 13.2 Å². The van der Waals surface area contributed by atoms with Crippen LogP contribution in [-0.2, 0) is 10.2 Å². The van der Waals surface area contributed by atoms with Crippen molar-refractivity contribution >= 4 is 29.0 Å². The van der Waals surface area contributed by atoms with Crippen LogP contribution in [0, 0.1) is 6.92 Å². The summed E-state index contributed by atoms with van der Waals surface area (Å²) >= 11 is 3.25. The summed E-state index contributed by atoms with van der Waals surface area (Å²) in [4.78, 5) is 18.4. The maximum Gasteiger partial charge on any atom is 0.389 e. The predicted octanol–water partition coefficient (Wildman–Crippen LogP) is 5.85. The number of aromatic nitrogens is 1. The second-order valence-electron chi connectivity index (χ2n) is 8.76. The van der Waals surface area contributed by atoms with Crippen LogP contribution in [0.2, 0.25) is 0 Å². The van der Waals surface area contributed by atoms with Crippen molar-refractivity contribution in [2.45, 2.75) is 77.9 Å². The first-order valence-corrected chi connectivity index (χ1v) is 12.2. The monoisotopic (exact) mass is 475 g/mol. The van der Waals surface area contributed by atoms with E-state index in [0.29, 0.717) is 0 Å². The van der Waals surface area contributed by atoms with Gasteiger partial charge in [-0.15, -0.1) is 23.1 Å². The Balaban J connectivity index is 2.12. The van der Waals surface area contributed by atoms with Gasteiger partial charge >= 0.3 is 6.18 Å². The molecule has 0 aliphatic carbocycles. The van der Waals surface area contributed by atoms with Crippen LogP contribution in [0.1, 0.15) is 63.8 Å². The summed E-state index contributed by atoms with van der Waals surface area (Å²) in [5, 5.41) is 7.69. The van der Waals surface area contributed by atoms with Gasteiger partial charge < -0.3 is 10.6 Å². The molecule has 174 valence electrons. The molecule has 1 aromatic rings. The highest BCUT2D eigenvalue weighted by Crippen LogP contribution is 2.42. The number of nitrogens with zero attached hydrogens (tertiary/aromatic N) is 1. The van der Waals surface area contributed by atoms with E-state index in [1.807, 2.05) is 19.2 Å². The molecule has 9 heteroatoms. The minimum absolute atomic E-state index is 0.0626. The average Bonchev–Trinajstić information content (AvgIpc) is 3.11. The lowest BCUT2D eigenvalue weighted by molar-refractivity contribution is -0.135. The summed E-state index contributed by atoms with van der Waals surface area (Å²) in [5.74, 6) is 0.530. The van der Waals surface area contributed by atoms with E-state index < -0.39 is 18.1 Å². The zero-order valence-electron chi connectivity index (χ0n) is 19.0. The number of hydrogen-bond acceptors (Lipinski definition) is 5. The lowest BCUT2D eigenvalue weighted by atomic mass is 9.79. The molecular weight excluding hydrogens is 443 g/mol. The third kappa shape index (κ3) is 7.08. The molecule has 1 aromatic heterocycles. The number of amides is 1. The minimum atomic E-state index is -4.18. The van der Waals surface area contributed by atoms with Crippen molar-refractivity contribution in [2.24, 2.45) is 0 Å². The van der Waals surface area contributed by atoms with E-state index in [2.05, 4.69) is 36.4 Å². The van der Waals surface area contributed by atoms with Crippen molar-refractivity contribution in [2.75, 3.05) is 12.3 Å². The summed E-state index contributed by atoms with van der Waals surface area (Å²) in [5.41, 5.74) is 1.30. The number of carbonyl (C=O) groups is 1. The van der Waals surface area contributed by atoms with Gasteiger partial charge in [-0.3, -0.25) is 4.79 Å². The third-order valence-electron chi connectivity index (χ3n) is 5.40. The van der Waals surface area contributed by atoms with Gasteiger partial charge in [-0.25, -0.2) is 4.98 Å². The second-order valence-corrected chi connectivity index (χ2v) is 11.0. The number of halogens is 3. The molecule has 2 N–H and O–H groups in total. The molecule has 0 saturated heterocycles. The molecule has 0 unspecified atom stereocenters. The summed E-state index contributed by atoms with van der Waals surface area (Å²) < 4.78 is 37.0. The molecule has 4 nitrogen and oxygen atoms in total. The van der Waals surface area contributed by atoms with Gasteiger partial charge in [0.2, 0.25) is 5.91 Å². The van der Waals surface area contributed by atoms with Crippen molar-refractivity contribution in [3.8, 4) is 0 Å². The summed E-state index contributed by atoms with van der Waals surface area (Å²) in [6.45, 7) is 11.9. The van der Waals surface area contributed by atoms with E-state index in [4.69, 9.17) is 0 Å². The Kier molecular flexibility index (Phi) is 8.44. The fraction of sp³-hybridized carbons (Fsp3) is 0.636. The standard InChI is InChI=1S/C22H32F3N3OS2/c1-7-15-13-30-18(11-16(15)20(3,4)17-12-26-14(2)31-17)28-19(29)21(5,6)27-10-8-9-22(23,24)25/h11-12,27H,7-10,13H2,1-6H3,(H,28,29). The fourth-order valence-corrected chi connectivity index (χ4v) is 5.28. The topological polar surface area (TPSA) is 54.0 Å². The van der Waals surface area contributed by atoms with Crippen LogP contribution in [-0.4, -0.2) is 34.9 Å². The SMILES string of the molecule is CCC1=C(C(C)(C)c2cnc(C)s2)C=C(NC(=O)C(C)(C)NCCCC(F)(F)F)SC1. The highest BCUT2D eigenvalue weighted by atomic mass is 32.2. The number of hydrogen-bond donors (Lipinski definition) is 2. The number of thiazole rings is 1. The molecule has 2 rings (SSSR count). The van der Waals surface area contributed by atoms with Crippen LogP contribution in [0.5, 0.6) is 0 Å². The summed E-state index contributed by atoms with van der Waals surface area (Å²) in [7, 11) is 0. The highest BCUT2D eigenvalue weighted by Gasteiger charge is 2.33. The molecule has 0 aromatic carbocycles. The van der Waals surface area contributed by atoms with E-state index in [0.717, 1.165) is 22.2 Å². The van der Waals surface area contributed by atoms with E-state index >= 15 is 0 Å². The van der Waals surface area contributed by atoms with Crippen LogP contribution in [0.3, 0.4) is 0 Å². The van der Waals surface area contributed by atoms with Gasteiger partial charge in [0.05, 0.1) is 15.6 Å². The number of carbonyl (C=O) groups excluding carboxylic acids is 1. The van der Waals surface area contributed by atoms with Crippen molar-refractivity contribution in [1.29, 1.82) is 0 Å². The predicted molar refractivity (Wildman–Crippen MR) is 123 cm³/mol. The molecule has 1 aliphatic rings. The van der Waals surface area contributed by atoms with E-state index in [1.54, 1.807) is 36.9 Å². The Morgan fingerprint density at radius 3 is 2.45 bits per heavy atom. The van der Waals surface area contributed by atoms with Crippen molar-refractivity contribution in [1.82, 2.24) is 15.6 Å².